The van der Waals surface area contributed by atoms with Crippen molar-refractivity contribution in [1.29, 1.82) is 0 Å². The molecular formula is C14H11Cl2FN4O2. The van der Waals surface area contributed by atoms with Crippen LogP contribution in [0.1, 0.15) is 10.4 Å². The highest BCUT2D eigenvalue weighted by Gasteiger charge is 2.20. The predicted octanol–water partition coefficient (Wildman–Crippen LogP) is 2.60. The van der Waals surface area contributed by atoms with Gasteiger partial charge in [0.15, 0.2) is 11.6 Å². The molecule has 0 radical (unpaired) electrons. The maximum atomic E-state index is 14.0. The molecule has 0 N–H and O–H groups in total. The van der Waals surface area contributed by atoms with E-state index in [4.69, 9.17) is 23.2 Å². The highest BCUT2D eigenvalue weighted by atomic mass is 35.5. The molecule has 23 heavy (non-hydrogen) atoms. The molecule has 1 aromatic heterocycles. The van der Waals surface area contributed by atoms with Crippen LogP contribution in [0.15, 0.2) is 34.2 Å². The number of rotatable bonds is 3. The summed E-state index contributed by atoms with van der Waals surface area (Å²) in [5, 5.41) is 0.0917. The van der Waals surface area contributed by atoms with Gasteiger partial charge in [0.2, 0.25) is 0 Å². The van der Waals surface area contributed by atoms with E-state index >= 15 is 0 Å². The topological polar surface area (TPSA) is 67.6 Å². The van der Waals surface area contributed by atoms with Crippen LogP contribution in [-0.2, 0) is 0 Å². The van der Waals surface area contributed by atoms with Gasteiger partial charge in [0, 0.05) is 14.1 Å². The van der Waals surface area contributed by atoms with Gasteiger partial charge in [0.1, 0.15) is 0 Å². The zero-order chi connectivity index (χ0) is 17.1. The fraction of sp³-hybridized carbons (Fsp3) is 0.143. The molecule has 0 fully saturated rings. The molecule has 0 aliphatic carbocycles. The molecular weight excluding hydrogens is 346 g/mol. The third kappa shape index (κ3) is 3.75. The number of nitrogens with zero attached hydrogens (tertiary/aromatic N) is 4. The van der Waals surface area contributed by atoms with Gasteiger partial charge in [-0.15, -0.1) is 0 Å². The Bertz CT molecular complexity index is 829. The van der Waals surface area contributed by atoms with Gasteiger partial charge >= 0.3 is 5.69 Å². The van der Waals surface area contributed by atoms with Gasteiger partial charge in [0.05, 0.1) is 28.1 Å². The van der Waals surface area contributed by atoms with Crippen LogP contribution < -0.4 is 5.69 Å². The summed E-state index contributed by atoms with van der Waals surface area (Å²) in [5.74, 6) is -2.22. The number of carbonyl (C=O) groups is 1. The number of halogens is 3. The van der Waals surface area contributed by atoms with Crippen molar-refractivity contribution in [2.24, 2.45) is 4.99 Å². The number of benzene rings is 1. The Morgan fingerprint density at radius 1 is 1.35 bits per heavy atom. The van der Waals surface area contributed by atoms with Gasteiger partial charge in [-0.25, -0.2) is 18.7 Å². The maximum absolute atomic E-state index is 14.0. The van der Waals surface area contributed by atoms with Crippen molar-refractivity contribution in [3.63, 3.8) is 0 Å². The van der Waals surface area contributed by atoms with Crippen molar-refractivity contribution < 1.29 is 9.18 Å². The Hall–Kier alpha value is -2.25. The van der Waals surface area contributed by atoms with E-state index in [1.807, 2.05) is 0 Å². The van der Waals surface area contributed by atoms with Gasteiger partial charge in [-0.2, -0.15) is 4.98 Å². The number of carbonyl (C=O) groups excluding carboxylic acids is 1. The van der Waals surface area contributed by atoms with Gasteiger partial charge in [-0.3, -0.25) is 4.79 Å². The van der Waals surface area contributed by atoms with Crippen molar-refractivity contribution in [2.45, 2.75) is 0 Å². The zero-order valence-electron chi connectivity index (χ0n) is 12.1. The monoisotopic (exact) mass is 356 g/mol. The minimum atomic E-state index is -0.988. The molecule has 1 heterocycles. The Morgan fingerprint density at radius 3 is 2.52 bits per heavy atom. The quantitative estimate of drug-likeness (QED) is 0.626. The Labute approximate surface area is 140 Å². The molecule has 0 aliphatic heterocycles. The third-order valence-electron chi connectivity index (χ3n) is 2.67. The van der Waals surface area contributed by atoms with Crippen LogP contribution in [0.2, 0.25) is 10.0 Å². The normalized spacial score (nSPS) is 11.0. The highest BCUT2D eigenvalue weighted by molar-refractivity contribution is 6.39. The molecule has 2 aromatic rings. The first-order valence-corrected chi connectivity index (χ1v) is 7.05. The first kappa shape index (κ1) is 17.1. The molecule has 0 saturated carbocycles. The average Bonchev–Trinajstić information content (AvgIpc) is 2.47. The Balaban J connectivity index is 2.51. The maximum Gasteiger partial charge on any atom is 0.356 e. The van der Waals surface area contributed by atoms with Crippen molar-refractivity contribution in [1.82, 2.24) is 14.5 Å². The van der Waals surface area contributed by atoms with Crippen LogP contribution in [0.4, 0.5) is 10.2 Å². The van der Waals surface area contributed by atoms with Crippen LogP contribution in [0.5, 0.6) is 0 Å². The number of hydrogen-bond donors (Lipinski definition) is 0. The summed E-state index contributed by atoms with van der Waals surface area (Å²) in [7, 11) is 3.34. The zero-order valence-corrected chi connectivity index (χ0v) is 13.6. The third-order valence-corrected chi connectivity index (χ3v) is 3.30. The van der Waals surface area contributed by atoms with Gasteiger partial charge in [-0.1, -0.05) is 29.3 Å². The van der Waals surface area contributed by atoms with Crippen molar-refractivity contribution in [3.8, 4) is 0 Å². The first-order chi connectivity index (χ1) is 10.8. The Kier molecular flexibility index (Phi) is 5.12. The van der Waals surface area contributed by atoms with E-state index in [-0.39, 0.29) is 15.6 Å². The van der Waals surface area contributed by atoms with Crippen LogP contribution in [-0.4, -0.2) is 40.8 Å². The number of aliphatic imine (C=N–C) groups is 1. The molecule has 0 unspecified atom stereocenters. The molecule has 0 atom stereocenters. The molecule has 0 amide bonds. The van der Waals surface area contributed by atoms with E-state index in [1.54, 1.807) is 25.1 Å². The van der Waals surface area contributed by atoms with Crippen LogP contribution >= 0.6 is 23.2 Å². The summed E-state index contributed by atoms with van der Waals surface area (Å²) in [6.45, 7) is 0. The number of hydrogen-bond acceptors (Lipinski definition) is 4. The molecule has 0 saturated heterocycles. The molecule has 1 aromatic carbocycles. The Morgan fingerprint density at radius 2 is 1.96 bits per heavy atom. The van der Waals surface area contributed by atoms with E-state index in [0.717, 1.165) is 0 Å². The van der Waals surface area contributed by atoms with Gasteiger partial charge < -0.3 is 4.90 Å². The van der Waals surface area contributed by atoms with Crippen molar-refractivity contribution >= 4 is 41.3 Å². The summed E-state index contributed by atoms with van der Waals surface area (Å²) < 4.78 is 14.5. The molecule has 120 valence electrons. The van der Waals surface area contributed by atoms with E-state index in [2.05, 4.69) is 9.98 Å². The minimum Gasteiger partial charge on any atom is -0.369 e. The van der Waals surface area contributed by atoms with Gasteiger partial charge in [-0.05, 0) is 12.1 Å². The molecule has 0 bridgehead atoms. The molecule has 9 heteroatoms. The second-order valence-electron chi connectivity index (χ2n) is 4.68. The SMILES string of the molecule is CN(C)C=Nc1nc(=O)n(C(=O)c2c(Cl)cccc2Cl)cc1F. The lowest BCUT2D eigenvalue weighted by Gasteiger charge is -2.08. The summed E-state index contributed by atoms with van der Waals surface area (Å²) in [6.07, 6.45) is 1.99. The summed E-state index contributed by atoms with van der Waals surface area (Å²) in [4.78, 5) is 33.1. The van der Waals surface area contributed by atoms with Gasteiger partial charge in [0.25, 0.3) is 5.91 Å². The molecule has 0 spiro atoms. The first-order valence-electron chi connectivity index (χ1n) is 6.29. The predicted molar refractivity (Wildman–Crippen MR) is 86.5 cm³/mol. The summed E-state index contributed by atoms with van der Waals surface area (Å²) >= 11 is 11.8. The second-order valence-corrected chi connectivity index (χ2v) is 5.49. The molecule has 2 rings (SSSR count). The van der Waals surface area contributed by atoms with Crippen LogP contribution in [0, 0.1) is 5.82 Å². The largest absolute Gasteiger partial charge is 0.369 e. The summed E-state index contributed by atoms with van der Waals surface area (Å²) in [6, 6.07) is 4.42. The average molecular weight is 357 g/mol. The minimum absolute atomic E-state index is 0.0458. The van der Waals surface area contributed by atoms with E-state index in [0.29, 0.717) is 10.8 Å². The smallest absolute Gasteiger partial charge is 0.356 e. The van der Waals surface area contributed by atoms with Crippen molar-refractivity contribution in [2.75, 3.05) is 14.1 Å². The standard InChI is InChI=1S/C14H11Cl2FN4O2/c1-20(2)7-18-12-10(17)6-21(14(23)19-12)13(22)11-8(15)4-3-5-9(11)16/h3-7H,1-2H3. The molecule has 6 nitrogen and oxygen atoms in total. The summed E-state index contributed by atoms with van der Waals surface area (Å²) in [5.41, 5.74) is -1.10. The fourth-order valence-corrected chi connectivity index (χ4v) is 2.21. The van der Waals surface area contributed by atoms with E-state index in [9.17, 15) is 14.0 Å². The lowest BCUT2D eigenvalue weighted by Crippen LogP contribution is -2.30. The van der Waals surface area contributed by atoms with E-state index < -0.39 is 23.2 Å². The molecule has 0 aliphatic rings. The van der Waals surface area contributed by atoms with Crippen LogP contribution in [0.25, 0.3) is 0 Å². The highest BCUT2D eigenvalue weighted by Crippen LogP contribution is 2.25. The van der Waals surface area contributed by atoms with E-state index in [1.165, 1.54) is 18.5 Å². The lowest BCUT2D eigenvalue weighted by molar-refractivity contribution is 0.0953. The lowest BCUT2D eigenvalue weighted by atomic mass is 10.2. The second kappa shape index (κ2) is 6.89. The number of aromatic nitrogens is 2. The fourth-order valence-electron chi connectivity index (χ4n) is 1.65. The van der Waals surface area contributed by atoms with Crippen LogP contribution in [0.3, 0.4) is 0 Å². The van der Waals surface area contributed by atoms with Crippen molar-refractivity contribution in [3.05, 3.63) is 56.3 Å².